The second kappa shape index (κ2) is 10.1. The number of anilines is 3. The second-order valence-electron chi connectivity index (χ2n) is 7.80. The molecule has 0 aromatic heterocycles. The number of benzene rings is 2. The summed E-state index contributed by atoms with van der Waals surface area (Å²) in [5, 5.41) is 8.83. The van der Waals surface area contributed by atoms with Crippen molar-refractivity contribution < 1.29 is 9.59 Å². The van der Waals surface area contributed by atoms with Crippen molar-refractivity contribution in [3.05, 3.63) is 53.6 Å². The van der Waals surface area contributed by atoms with Crippen LogP contribution in [0.15, 0.2) is 42.5 Å². The number of para-hydroxylation sites is 1. The minimum absolute atomic E-state index is 0.0920. The van der Waals surface area contributed by atoms with E-state index in [2.05, 4.69) is 27.8 Å². The number of nitrogens with one attached hydrogen (secondary N) is 3. The van der Waals surface area contributed by atoms with Crippen molar-refractivity contribution in [2.45, 2.75) is 52.5 Å². The van der Waals surface area contributed by atoms with E-state index in [1.807, 2.05) is 50.2 Å². The van der Waals surface area contributed by atoms with Gasteiger partial charge in [-0.05, 0) is 62.4 Å². The highest BCUT2D eigenvalue weighted by molar-refractivity contribution is 6.04. The molecular weight excluding hydrogens is 376 g/mol. The number of hydrogen-bond donors (Lipinski definition) is 3. The molecule has 1 atom stereocenters. The molecule has 0 bridgehead atoms. The SMILES string of the molecule is CCc1ccccc1NC(=O)Nc1ccc(N2CCCC2)c(C(=O)NC(C)CC)c1. The van der Waals surface area contributed by atoms with Gasteiger partial charge >= 0.3 is 6.03 Å². The van der Waals surface area contributed by atoms with E-state index in [1.54, 1.807) is 6.07 Å². The lowest BCUT2D eigenvalue weighted by Crippen LogP contribution is -2.33. The van der Waals surface area contributed by atoms with Gasteiger partial charge in [0.05, 0.1) is 5.56 Å². The molecule has 1 unspecified atom stereocenters. The van der Waals surface area contributed by atoms with E-state index in [1.165, 1.54) is 0 Å². The van der Waals surface area contributed by atoms with Crippen LogP contribution in [-0.2, 0) is 6.42 Å². The second-order valence-corrected chi connectivity index (χ2v) is 7.80. The van der Waals surface area contributed by atoms with Crippen molar-refractivity contribution in [3.63, 3.8) is 0 Å². The molecule has 1 aliphatic heterocycles. The molecule has 3 amide bonds. The van der Waals surface area contributed by atoms with Crippen molar-refractivity contribution in [1.29, 1.82) is 0 Å². The van der Waals surface area contributed by atoms with E-state index in [9.17, 15) is 9.59 Å². The summed E-state index contributed by atoms with van der Waals surface area (Å²) in [6, 6.07) is 13.1. The fourth-order valence-electron chi connectivity index (χ4n) is 3.67. The molecule has 3 N–H and O–H groups in total. The van der Waals surface area contributed by atoms with Gasteiger partial charge in [-0.15, -0.1) is 0 Å². The normalized spacial score (nSPS) is 14.3. The van der Waals surface area contributed by atoms with Gasteiger partial charge in [0.1, 0.15) is 0 Å². The first-order valence-electron chi connectivity index (χ1n) is 10.9. The highest BCUT2D eigenvalue weighted by Crippen LogP contribution is 2.28. The third-order valence-corrected chi connectivity index (χ3v) is 5.58. The average Bonchev–Trinajstić information content (AvgIpc) is 3.28. The topological polar surface area (TPSA) is 73.5 Å². The maximum atomic E-state index is 12.9. The Labute approximate surface area is 179 Å². The summed E-state index contributed by atoms with van der Waals surface area (Å²) in [5.74, 6) is -0.105. The van der Waals surface area contributed by atoms with Crippen molar-refractivity contribution in [2.24, 2.45) is 0 Å². The predicted octanol–water partition coefficient (Wildman–Crippen LogP) is 5.02. The maximum absolute atomic E-state index is 12.9. The smallest absolute Gasteiger partial charge is 0.323 e. The molecular formula is C24H32N4O2. The minimum Gasteiger partial charge on any atom is -0.371 e. The Balaban J connectivity index is 1.80. The van der Waals surface area contributed by atoms with Gasteiger partial charge in [-0.25, -0.2) is 4.79 Å². The third kappa shape index (κ3) is 5.32. The van der Waals surface area contributed by atoms with Gasteiger partial charge < -0.3 is 20.9 Å². The lowest BCUT2D eigenvalue weighted by atomic mass is 10.1. The van der Waals surface area contributed by atoms with E-state index >= 15 is 0 Å². The standard InChI is InChI=1S/C24H32N4O2/c1-4-17(3)25-23(29)20-16-19(12-13-22(20)28-14-8-9-15-28)26-24(30)27-21-11-7-6-10-18(21)5-2/h6-7,10-13,16-17H,4-5,8-9,14-15H2,1-3H3,(H,25,29)(H2,26,27,30). The summed E-state index contributed by atoms with van der Waals surface area (Å²) in [5.41, 5.74) is 3.99. The summed E-state index contributed by atoms with van der Waals surface area (Å²) >= 11 is 0. The molecule has 0 saturated carbocycles. The molecule has 160 valence electrons. The fourth-order valence-corrected chi connectivity index (χ4v) is 3.67. The lowest BCUT2D eigenvalue weighted by molar-refractivity contribution is 0.0939. The average molecular weight is 409 g/mol. The monoisotopic (exact) mass is 408 g/mol. The number of aryl methyl sites for hydroxylation is 1. The number of hydrogen-bond acceptors (Lipinski definition) is 3. The highest BCUT2D eigenvalue weighted by Gasteiger charge is 2.21. The number of nitrogens with zero attached hydrogens (tertiary/aromatic N) is 1. The molecule has 0 aliphatic carbocycles. The quantitative estimate of drug-likeness (QED) is 0.602. The number of carbonyl (C=O) groups is 2. The van der Waals surface area contributed by atoms with Gasteiger partial charge in [-0.1, -0.05) is 32.0 Å². The first-order chi connectivity index (χ1) is 14.5. The van der Waals surface area contributed by atoms with Crippen molar-refractivity contribution in [2.75, 3.05) is 28.6 Å². The Kier molecular flexibility index (Phi) is 7.33. The summed E-state index contributed by atoms with van der Waals surface area (Å²) in [4.78, 5) is 27.7. The molecule has 6 heteroatoms. The number of carbonyl (C=O) groups excluding carboxylic acids is 2. The third-order valence-electron chi connectivity index (χ3n) is 5.58. The maximum Gasteiger partial charge on any atom is 0.323 e. The van der Waals surface area contributed by atoms with Crippen molar-refractivity contribution >= 4 is 29.0 Å². The van der Waals surface area contributed by atoms with E-state index < -0.39 is 0 Å². The Morgan fingerprint density at radius 1 is 1.03 bits per heavy atom. The molecule has 3 rings (SSSR count). The molecule has 0 spiro atoms. The molecule has 2 aromatic carbocycles. The van der Waals surface area contributed by atoms with E-state index in [-0.39, 0.29) is 18.0 Å². The van der Waals surface area contributed by atoms with Crippen LogP contribution in [0.1, 0.15) is 56.0 Å². The molecule has 2 aromatic rings. The van der Waals surface area contributed by atoms with Gasteiger partial charge in [0.15, 0.2) is 0 Å². The molecule has 6 nitrogen and oxygen atoms in total. The zero-order valence-electron chi connectivity index (χ0n) is 18.1. The fraction of sp³-hybridized carbons (Fsp3) is 0.417. The lowest BCUT2D eigenvalue weighted by Gasteiger charge is -2.23. The highest BCUT2D eigenvalue weighted by atomic mass is 16.2. The zero-order chi connectivity index (χ0) is 21.5. The number of amides is 3. The van der Waals surface area contributed by atoms with Crippen molar-refractivity contribution in [1.82, 2.24) is 5.32 Å². The van der Waals surface area contributed by atoms with Crippen LogP contribution in [0.3, 0.4) is 0 Å². The zero-order valence-corrected chi connectivity index (χ0v) is 18.1. The van der Waals surface area contributed by atoms with Gasteiger partial charge in [0, 0.05) is 36.2 Å². The Morgan fingerprint density at radius 3 is 2.47 bits per heavy atom. The van der Waals surface area contributed by atoms with Crippen LogP contribution in [-0.4, -0.2) is 31.1 Å². The van der Waals surface area contributed by atoms with Gasteiger partial charge in [-0.2, -0.15) is 0 Å². The van der Waals surface area contributed by atoms with E-state index in [4.69, 9.17) is 0 Å². The minimum atomic E-state index is -0.321. The van der Waals surface area contributed by atoms with Crippen LogP contribution >= 0.6 is 0 Å². The summed E-state index contributed by atoms with van der Waals surface area (Å²) in [6.45, 7) is 7.99. The molecule has 0 radical (unpaired) electrons. The van der Waals surface area contributed by atoms with Crippen LogP contribution in [0.25, 0.3) is 0 Å². The molecule has 1 aliphatic rings. The first kappa shape index (κ1) is 21.7. The van der Waals surface area contributed by atoms with Gasteiger partial charge in [0.2, 0.25) is 0 Å². The first-order valence-corrected chi connectivity index (χ1v) is 10.9. The number of rotatable bonds is 7. The van der Waals surface area contributed by atoms with Crippen LogP contribution < -0.4 is 20.9 Å². The summed E-state index contributed by atoms with van der Waals surface area (Å²) in [7, 11) is 0. The largest absolute Gasteiger partial charge is 0.371 e. The predicted molar refractivity (Wildman–Crippen MR) is 124 cm³/mol. The van der Waals surface area contributed by atoms with Gasteiger partial charge in [0.25, 0.3) is 5.91 Å². The molecule has 1 heterocycles. The van der Waals surface area contributed by atoms with Crippen LogP contribution in [0.2, 0.25) is 0 Å². The Morgan fingerprint density at radius 2 is 1.77 bits per heavy atom. The molecule has 1 fully saturated rings. The van der Waals surface area contributed by atoms with E-state index in [0.29, 0.717) is 11.3 Å². The van der Waals surface area contributed by atoms with Crippen LogP contribution in [0.4, 0.5) is 21.9 Å². The van der Waals surface area contributed by atoms with Gasteiger partial charge in [-0.3, -0.25) is 4.79 Å². The van der Waals surface area contributed by atoms with Crippen LogP contribution in [0, 0.1) is 0 Å². The van der Waals surface area contributed by atoms with E-state index in [0.717, 1.165) is 55.7 Å². The Hall–Kier alpha value is -3.02. The summed E-state index contributed by atoms with van der Waals surface area (Å²) in [6.07, 6.45) is 3.96. The number of urea groups is 1. The Bertz CT molecular complexity index is 891. The summed E-state index contributed by atoms with van der Waals surface area (Å²) < 4.78 is 0. The van der Waals surface area contributed by atoms with Crippen LogP contribution in [0.5, 0.6) is 0 Å². The van der Waals surface area contributed by atoms with Crippen molar-refractivity contribution in [3.8, 4) is 0 Å². The molecule has 30 heavy (non-hydrogen) atoms. The molecule has 1 saturated heterocycles.